The predicted octanol–water partition coefficient (Wildman–Crippen LogP) is 4.43. The van der Waals surface area contributed by atoms with Gasteiger partial charge in [0.15, 0.2) is 5.78 Å². The summed E-state index contributed by atoms with van der Waals surface area (Å²) in [5.74, 6) is 0.170. The van der Waals surface area contributed by atoms with E-state index in [-0.39, 0.29) is 5.78 Å². The Balaban J connectivity index is 1.67. The fourth-order valence-corrected chi connectivity index (χ4v) is 4.23. The van der Waals surface area contributed by atoms with E-state index in [2.05, 4.69) is 63.7 Å². The quantitative estimate of drug-likeness (QED) is 0.506. The van der Waals surface area contributed by atoms with Crippen LogP contribution in [0.3, 0.4) is 0 Å². The zero-order valence-corrected chi connectivity index (χ0v) is 17.9. The predicted molar refractivity (Wildman–Crippen MR) is 113 cm³/mol. The number of methoxy groups -OCH3 is 1. The van der Waals surface area contributed by atoms with Crippen LogP contribution in [0.25, 0.3) is 5.69 Å². The summed E-state index contributed by atoms with van der Waals surface area (Å²) < 4.78 is 8.78. The molecule has 0 atom stereocenters. The molecule has 1 fully saturated rings. The molecule has 0 amide bonds. The van der Waals surface area contributed by atoms with Crippen molar-refractivity contribution in [3.63, 3.8) is 0 Å². The van der Waals surface area contributed by atoms with Crippen molar-refractivity contribution in [3.05, 3.63) is 50.9 Å². The van der Waals surface area contributed by atoms with Crippen molar-refractivity contribution in [2.45, 2.75) is 51.7 Å². The zero-order chi connectivity index (χ0) is 18.7. The number of halogens is 1. The van der Waals surface area contributed by atoms with Crippen molar-refractivity contribution in [2.75, 3.05) is 13.7 Å². The van der Waals surface area contributed by atoms with Crippen LogP contribution >= 0.6 is 22.6 Å². The Morgan fingerprint density at radius 2 is 1.85 bits per heavy atom. The first-order chi connectivity index (χ1) is 12.5. The maximum absolute atomic E-state index is 12.8. The minimum absolute atomic E-state index is 0.170. The summed E-state index contributed by atoms with van der Waals surface area (Å²) in [5, 5.41) is 3.45. The van der Waals surface area contributed by atoms with Gasteiger partial charge in [0.25, 0.3) is 0 Å². The summed E-state index contributed by atoms with van der Waals surface area (Å²) in [7, 11) is 1.78. The van der Waals surface area contributed by atoms with Crippen LogP contribution in [0.4, 0.5) is 0 Å². The van der Waals surface area contributed by atoms with Crippen LogP contribution in [0.15, 0.2) is 30.3 Å². The summed E-state index contributed by atoms with van der Waals surface area (Å²) in [6.07, 6.45) is 4.69. The fraction of sp³-hybridized carbons (Fsp3) is 0.476. The summed E-state index contributed by atoms with van der Waals surface area (Å²) >= 11 is 2.31. The smallest absolute Gasteiger partial charge is 0.178 e. The number of nitrogens with one attached hydrogen (secondary N) is 1. The van der Waals surface area contributed by atoms with Gasteiger partial charge in [0.05, 0.1) is 12.6 Å². The van der Waals surface area contributed by atoms with Gasteiger partial charge in [-0.15, -0.1) is 0 Å². The molecular weight excluding hydrogens is 439 g/mol. The van der Waals surface area contributed by atoms with Crippen LogP contribution in [0.5, 0.6) is 0 Å². The first-order valence-electron chi connectivity index (χ1n) is 9.24. The molecule has 2 aromatic rings. The van der Waals surface area contributed by atoms with Crippen LogP contribution in [0.2, 0.25) is 0 Å². The van der Waals surface area contributed by atoms with Gasteiger partial charge in [-0.3, -0.25) is 4.79 Å². The molecule has 1 heterocycles. The highest BCUT2D eigenvalue weighted by Gasteiger charge is 2.22. The zero-order valence-electron chi connectivity index (χ0n) is 15.7. The van der Waals surface area contributed by atoms with Crippen LogP contribution in [0, 0.1) is 17.4 Å². The summed E-state index contributed by atoms with van der Waals surface area (Å²) in [5.41, 5.74) is 4.02. The number of rotatable bonds is 6. The number of hydrogen-bond acceptors (Lipinski definition) is 3. The Kier molecular flexibility index (Phi) is 6.53. The van der Waals surface area contributed by atoms with E-state index in [1.54, 1.807) is 7.11 Å². The van der Waals surface area contributed by atoms with Crippen molar-refractivity contribution in [1.82, 2.24) is 9.88 Å². The summed E-state index contributed by atoms with van der Waals surface area (Å²) in [6, 6.07) is 10.8. The summed E-state index contributed by atoms with van der Waals surface area (Å²) in [4.78, 5) is 12.8. The number of hydrogen-bond donors (Lipinski definition) is 1. The second-order valence-electron chi connectivity index (χ2n) is 7.11. The first kappa shape index (κ1) is 19.6. The van der Waals surface area contributed by atoms with E-state index >= 15 is 0 Å². The molecule has 26 heavy (non-hydrogen) atoms. The molecular formula is C21H27IN2O2. The van der Waals surface area contributed by atoms with E-state index in [4.69, 9.17) is 4.74 Å². The van der Waals surface area contributed by atoms with Gasteiger partial charge in [0, 0.05) is 39.4 Å². The van der Waals surface area contributed by atoms with Gasteiger partial charge in [-0.25, -0.2) is 0 Å². The van der Waals surface area contributed by atoms with Crippen LogP contribution in [-0.2, 0) is 4.74 Å². The highest BCUT2D eigenvalue weighted by Crippen LogP contribution is 2.23. The van der Waals surface area contributed by atoms with E-state index in [9.17, 15) is 4.79 Å². The number of ether oxygens (including phenoxy) is 1. The van der Waals surface area contributed by atoms with E-state index in [1.165, 1.54) is 3.57 Å². The molecule has 140 valence electrons. The molecule has 1 N–H and O–H groups in total. The van der Waals surface area contributed by atoms with E-state index < -0.39 is 0 Å². The average Bonchev–Trinajstić information content (AvgIpc) is 2.95. The van der Waals surface area contributed by atoms with Gasteiger partial charge >= 0.3 is 0 Å². The molecule has 1 aliphatic carbocycles. The molecule has 1 aromatic carbocycles. The Hall–Kier alpha value is -1.18. The second-order valence-corrected chi connectivity index (χ2v) is 8.36. The molecule has 3 rings (SSSR count). The third-order valence-electron chi connectivity index (χ3n) is 5.38. The molecule has 0 radical (unpaired) electrons. The number of carbonyl (C=O) groups is 1. The minimum atomic E-state index is 0.170. The largest absolute Gasteiger partial charge is 0.381 e. The number of Topliss-reactive ketones (excluding diaryl/α,β-unsaturated/α-hetero) is 1. The van der Waals surface area contributed by atoms with E-state index in [0.29, 0.717) is 18.7 Å². The number of benzene rings is 1. The van der Waals surface area contributed by atoms with Gasteiger partial charge in [0.2, 0.25) is 0 Å². The fourth-order valence-electron chi connectivity index (χ4n) is 3.87. The molecule has 4 nitrogen and oxygen atoms in total. The molecule has 1 aliphatic rings. The number of carbonyl (C=O) groups excluding carboxylic acids is 1. The molecule has 0 unspecified atom stereocenters. The van der Waals surface area contributed by atoms with Gasteiger partial charge in [-0.2, -0.15) is 0 Å². The normalized spacial score (nSPS) is 20.3. The highest BCUT2D eigenvalue weighted by molar-refractivity contribution is 14.1. The Morgan fingerprint density at radius 3 is 2.46 bits per heavy atom. The van der Waals surface area contributed by atoms with E-state index in [0.717, 1.165) is 48.3 Å². The molecule has 0 saturated heterocycles. The highest BCUT2D eigenvalue weighted by atomic mass is 127. The molecule has 0 spiro atoms. The van der Waals surface area contributed by atoms with Crippen molar-refractivity contribution in [1.29, 1.82) is 0 Å². The second kappa shape index (κ2) is 8.67. The Morgan fingerprint density at radius 1 is 1.19 bits per heavy atom. The van der Waals surface area contributed by atoms with Crippen LogP contribution in [-0.4, -0.2) is 36.2 Å². The third-order valence-corrected chi connectivity index (χ3v) is 6.09. The number of ketones is 1. The SMILES string of the molecule is COC1CCC(NCC(=O)c2cc(C)n(-c3ccc(I)cc3)c2C)CC1. The van der Waals surface area contributed by atoms with Gasteiger partial charge in [-0.05, 0) is 92.5 Å². The van der Waals surface area contributed by atoms with E-state index in [1.807, 2.05) is 13.0 Å². The maximum Gasteiger partial charge on any atom is 0.178 e. The number of aromatic nitrogens is 1. The van der Waals surface area contributed by atoms with Gasteiger partial charge in [-0.1, -0.05) is 0 Å². The monoisotopic (exact) mass is 466 g/mol. The minimum Gasteiger partial charge on any atom is -0.381 e. The van der Waals surface area contributed by atoms with Crippen molar-refractivity contribution < 1.29 is 9.53 Å². The summed E-state index contributed by atoms with van der Waals surface area (Å²) in [6.45, 7) is 4.49. The lowest BCUT2D eigenvalue weighted by Gasteiger charge is -2.28. The molecule has 0 bridgehead atoms. The third kappa shape index (κ3) is 4.38. The topological polar surface area (TPSA) is 43.3 Å². The molecule has 0 aliphatic heterocycles. The molecule has 1 saturated carbocycles. The lowest BCUT2D eigenvalue weighted by atomic mass is 9.93. The molecule has 5 heteroatoms. The Bertz CT molecular complexity index is 759. The lowest BCUT2D eigenvalue weighted by Crippen LogP contribution is -2.38. The molecule has 1 aromatic heterocycles. The van der Waals surface area contributed by atoms with Crippen LogP contribution < -0.4 is 5.32 Å². The van der Waals surface area contributed by atoms with Crippen molar-refractivity contribution >= 4 is 28.4 Å². The standard InChI is InChI=1S/C21H27IN2O2/c1-14-12-20(15(2)24(14)18-8-4-16(22)5-9-18)21(25)13-23-17-6-10-19(26-3)11-7-17/h4-5,8-9,12,17,19,23H,6-7,10-11,13H2,1-3H3. The van der Waals surface area contributed by atoms with Crippen molar-refractivity contribution in [2.24, 2.45) is 0 Å². The number of nitrogens with zero attached hydrogens (tertiary/aromatic N) is 1. The maximum atomic E-state index is 12.8. The van der Waals surface area contributed by atoms with Crippen molar-refractivity contribution in [3.8, 4) is 5.69 Å². The van der Waals surface area contributed by atoms with Crippen LogP contribution in [0.1, 0.15) is 47.4 Å². The average molecular weight is 466 g/mol. The Labute approximate surface area is 169 Å². The lowest BCUT2D eigenvalue weighted by molar-refractivity contribution is 0.0622. The van der Waals surface area contributed by atoms with Gasteiger partial charge in [0.1, 0.15) is 0 Å². The van der Waals surface area contributed by atoms with Gasteiger partial charge < -0.3 is 14.6 Å². The first-order valence-corrected chi connectivity index (χ1v) is 10.3. The number of aryl methyl sites for hydroxylation is 1.